The van der Waals surface area contributed by atoms with E-state index in [0.29, 0.717) is 23.7 Å². The van der Waals surface area contributed by atoms with E-state index in [1.807, 2.05) is 31.2 Å². The topological polar surface area (TPSA) is 41.5 Å². The van der Waals surface area contributed by atoms with Gasteiger partial charge in [0.15, 0.2) is 0 Å². The summed E-state index contributed by atoms with van der Waals surface area (Å²) in [4.78, 5) is 0. The van der Waals surface area contributed by atoms with Crippen LogP contribution in [-0.4, -0.2) is 11.7 Å². The predicted molar refractivity (Wildman–Crippen MR) is 83.1 cm³/mol. The van der Waals surface area contributed by atoms with Crippen molar-refractivity contribution in [3.05, 3.63) is 52.0 Å². The van der Waals surface area contributed by atoms with Crippen molar-refractivity contribution in [1.82, 2.24) is 0 Å². The number of hydrogen-bond donors (Lipinski definition) is 2. The van der Waals surface area contributed by atoms with Crippen LogP contribution in [0.1, 0.15) is 12.5 Å². The summed E-state index contributed by atoms with van der Waals surface area (Å²) in [7, 11) is 0. The van der Waals surface area contributed by atoms with Crippen LogP contribution in [-0.2, 0) is 6.54 Å². The second-order valence-electron chi connectivity index (χ2n) is 4.21. The van der Waals surface area contributed by atoms with E-state index >= 15 is 0 Å². The van der Waals surface area contributed by atoms with Crippen LogP contribution in [0.4, 0.5) is 5.69 Å². The van der Waals surface area contributed by atoms with Crippen LogP contribution in [0.25, 0.3) is 0 Å². The van der Waals surface area contributed by atoms with Crippen molar-refractivity contribution in [2.24, 2.45) is 0 Å². The fourth-order valence-corrected chi connectivity index (χ4v) is 2.35. The predicted octanol–water partition coefficient (Wildman–Crippen LogP) is 4.71. The monoisotopic (exact) mass is 311 g/mol. The molecule has 0 spiro atoms. The molecule has 106 valence electrons. The Balaban J connectivity index is 2.10. The molecule has 0 aliphatic rings. The second kappa shape index (κ2) is 6.73. The van der Waals surface area contributed by atoms with Crippen LogP contribution in [0.5, 0.6) is 11.5 Å². The molecule has 5 heteroatoms. The lowest BCUT2D eigenvalue weighted by Gasteiger charge is -2.11. The van der Waals surface area contributed by atoms with Gasteiger partial charge in [-0.3, -0.25) is 0 Å². The van der Waals surface area contributed by atoms with Gasteiger partial charge in [-0.05, 0) is 31.2 Å². The molecule has 0 radical (unpaired) electrons. The van der Waals surface area contributed by atoms with Crippen molar-refractivity contribution in [1.29, 1.82) is 0 Å². The van der Waals surface area contributed by atoms with E-state index in [9.17, 15) is 5.11 Å². The van der Waals surface area contributed by atoms with Crippen molar-refractivity contribution >= 4 is 28.9 Å². The number of ether oxygens (including phenoxy) is 1. The first-order valence-corrected chi connectivity index (χ1v) is 6.99. The van der Waals surface area contributed by atoms with Crippen molar-refractivity contribution in [2.45, 2.75) is 13.5 Å². The molecule has 0 unspecified atom stereocenters. The minimum atomic E-state index is 0.0459. The number of anilines is 1. The summed E-state index contributed by atoms with van der Waals surface area (Å²) >= 11 is 11.8. The summed E-state index contributed by atoms with van der Waals surface area (Å²) < 4.78 is 5.43. The zero-order chi connectivity index (χ0) is 14.5. The Morgan fingerprint density at radius 2 is 2.00 bits per heavy atom. The highest BCUT2D eigenvalue weighted by Crippen LogP contribution is 2.31. The fourth-order valence-electron chi connectivity index (χ4n) is 1.81. The lowest BCUT2D eigenvalue weighted by atomic mass is 10.2. The zero-order valence-electron chi connectivity index (χ0n) is 11.0. The van der Waals surface area contributed by atoms with Crippen molar-refractivity contribution in [3.63, 3.8) is 0 Å². The number of benzene rings is 2. The van der Waals surface area contributed by atoms with E-state index in [1.54, 1.807) is 6.07 Å². The number of rotatable bonds is 5. The quantitative estimate of drug-likeness (QED) is 0.840. The Bertz CT molecular complexity index is 602. The summed E-state index contributed by atoms with van der Waals surface area (Å²) in [6, 6.07) is 10.8. The number of nitrogens with one attached hydrogen (secondary N) is 1. The zero-order valence-corrected chi connectivity index (χ0v) is 12.5. The van der Waals surface area contributed by atoms with E-state index < -0.39 is 0 Å². The molecule has 2 rings (SSSR count). The molecule has 0 heterocycles. The van der Waals surface area contributed by atoms with Crippen molar-refractivity contribution in [3.8, 4) is 11.5 Å². The Morgan fingerprint density at radius 1 is 1.20 bits per heavy atom. The number of phenolic OH excluding ortho intramolecular Hbond substituents is 1. The Kier molecular flexibility index (Phi) is 4.99. The molecule has 20 heavy (non-hydrogen) atoms. The Hall–Kier alpha value is -1.58. The number of phenols is 1. The largest absolute Gasteiger partial charge is 0.506 e. The Labute approximate surface area is 128 Å². The summed E-state index contributed by atoms with van der Waals surface area (Å²) in [6.45, 7) is 2.97. The molecule has 0 amide bonds. The van der Waals surface area contributed by atoms with Crippen LogP contribution in [0.15, 0.2) is 36.4 Å². The minimum Gasteiger partial charge on any atom is -0.506 e. The number of hydrogen-bond acceptors (Lipinski definition) is 3. The molecule has 2 aromatic carbocycles. The number of aromatic hydroxyl groups is 1. The van der Waals surface area contributed by atoms with E-state index in [2.05, 4.69) is 5.32 Å². The van der Waals surface area contributed by atoms with Gasteiger partial charge in [0.2, 0.25) is 0 Å². The van der Waals surface area contributed by atoms with Crippen LogP contribution >= 0.6 is 23.2 Å². The summed E-state index contributed by atoms with van der Waals surface area (Å²) in [5.41, 5.74) is 1.54. The van der Waals surface area contributed by atoms with Gasteiger partial charge in [-0.1, -0.05) is 29.3 Å². The normalized spacial score (nSPS) is 10.3. The maximum Gasteiger partial charge on any atom is 0.139 e. The third-order valence-corrected chi connectivity index (χ3v) is 3.24. The first kappa shape index (κ1) is 14.8. The molecule has 0 atom stereocenters. The van der Waals surface area contributed by atoms with Gasteiger partial charge in [0, 0.05) is 28.9 Å². The van der Waals surface area contributed by atoms with Crippen LogP contribution < -0.4 is 10.1 Å². The molecule has 0 saturated carbocycles. The molecule has 2 aromatic rings. The molecule has 0 aromatic heterocycles. The maximum atomic E-state index is 9.88. The highest BCUT2D eigenvalue weighted by Gasteiger charge is 2.08. The molecule has 0 aliphatic carbocycles. The average Bonchev–Trinajstić information content (AvgIpc) is 2.42. The van der Waals surface area contributed by atoms with Crippen LogP contribution in [0.3, 0.4) is 0 Å². The molecule has 2 N–H and O–H groups in total. The first-order valence-electron chi connectivity index (χ1n) is 6.23. The summed E-state index contributed by atoms with van der Waals surface area (Å²) in [5, 5.41) is 13.8. The molecule has 0 aliphatic heterocycles. The van der Waals surface area contributed by atoms with E-state index in [0.717, 1.165) is 11.4 Å². The first-order chi connectivity index (χ1) is 9.60. The fraction of sp³-hybridized carbons (Fsp3) is 0.200. The van der Waals surface area contributed by atoms with Gasteiger partial charge in [0.1, 0.15) is 11.5 Å². The minimum absolute atomic E-state index is 0.0459. The second-order valence-corrected chi connectivity index (χ2v) is 5.05. The average molecular weight is 312 g/mol. The molecule has 0 saturated heterocycles. The molecular formula is C15H15Cl2NO2. The smallest absolute Gasteiger partial charge is 0.139 e. The van der Waals surface area contributed by atoms with Gasteiger partial charge in [-0.15, -0.1) is 0 Å². The number of halogens is 2. The third-order valence-electron chi connectivity index (χ3n) is 2.74. The van der Waals surface area contributed by atoms with Gasteiger partial charge >= 0.3 is 0 Å². The summed E-state index contributed by atoms with van der Waals surface area (Å²) in [5.74, 6) is 0.843. The van der Waals surface area contributed by atoms with Crippen molar-refractivity contribution in [2.75, 3.05) is 11.9 Å². The van der Waals surface area contributed by atoms with Gasteiger partial charge in [-0.2, -0.15) is 0 Å². The van der Waals surface area contributed by atoms with E-state index in [-0.39, 0.29) is 10.8 Å². The molecule has 0 bridgehead atoms. The molecule has 3 nitrogen and oxygen atoms in total. The Morgan fingerprint density at radius 3 is 2.75 bits per heavy atom. The molecular weight excluding hydrogens is 297 g/mol. The maximum absolute atomic E-state index is 9.88. The lowest BCUT2D eigenvalue weighted by molar-refractivity contribution is 0.340. The van der Waals surface area contributed by atoms with Crippen molar-refractivity contribution < 1.29 is 9.84 Å². The van der Waals surface area contributed by atoms with Crippen LogP contribution in [0, 0.1) is 0 Å². The third kappa shape index (κ3) is 3.71. The van der Waals surface area contributed by atoms with Gasteiger partial charge < -0.3 is 15.2 Å². The SMILES string of the molecule is CCOc1cccc(NCc2cc(Cl)cc(Cl)c2O)c1. The summed E-state index contributed by atoms with van der Waals surface area (Å²) in [6.07, 6.45) is 0. The highest BCUT2D eigenvalue weighted by molar-refractivity contribution is 6.35. The van der Waals surface area contributed by atoms with Gasteiger partial charge in [-0.25, -0.2) is 0 Å². The lowest BCUT2D eigenvalue weighted by Crippen LogP contribution is -2.00. The van der Waals surface area contributed by atoms with E-state index in [4.69, 9.17) is 27.9 Å². The van der Waals surface area contributed by atoms with Crippen LogP contribution in [0.2, 0.25) is 10.0 Å². The highest BCUT2D eigenvalue weighted by atomic mass is 35.5. The standard InChI is InChI=1S/C15H15Cl2NO2/c1-2-20-13-5-3-4-12(8-13)18-9-10-6-11(16)7-14(17)15(10)19/h3-8,18-19H,2,9H2,1H3. The van der Waals surface area contributed by atoms with Gasteiger partial charge in [0.05, 0.1) is 11.6 Å². The molecule has 0 fully saturated rings. The van der Waals surface area contributed by atoms with Gasteiger partial charge in [0.25, 0.3) is 0 Å². The van der Waals surface area contributed by atoms with E-state index in [1.165, 1.54) is 6.07 Å².